The van der Waals surface area contributed by atoms with Crippen molar-refractivity contribution in [3.63, 3.8) is 0 Å². The lowest BCUT2D eigenvalue weighted by molar-refractivity contribution is 0.0963. The number of benzene rings is 1. The molecule has 1 aromatic heterocycles. The first-order valence-corrected chi connectivity index (χ1v) is 10.9. The number of ether oxygens (including phenoxy) is 1. The van der Waals surface area contributed by atoms with Crippen LogP contribution < -0.4 is 10.6 Å². The van der Waals surface area contributed by atoms with E-state index in [0.29, 0.717) is 32.7 Å². The fourth-order valence-corrected chi connectivity index (χ4v) is 3.45. The predicted molar refractivity (Wildman–Crippen MR) is 133 cm³/mol. The average Bonchev–Trinajstić information content (AvgIpc) is 3.24. The molecule has 3 rings (SSSR count). The summed E-state index contributed by atoms with van der Waals surface area (Å²) in [6.07, 6.45) is 4.04. The molecule has 1 fully saturated rings. The summed E-state index contributed by atoms with van der Waals surface area (Å²) in [5, 5.41) is 11.3. The van der Waals surface area contributed by atoms with Crippen molar-refractivity contribution in [3.8, 4) is 5.69 Å². The molecule has 176 valence electrons. The molecule has 0 unspecified atom stereocenters. The van der Waals surface area contributed by atoms with Crippen LogP contribution in [0.3, 0.4) is 0 Å². The summed E-state index contributed by atoms with van der Waals surface area (Å²) in [6, 6.07) is 8.46. The van der Waals surface area contributed by atoms with Gasteiger partial charge >= 0.3 is 6.09 Å². The summed E-state index contributed by atoms with van der Waals surface area (Å²) >= 11 is 0. The maximum Gasteiger partial charge on any atom is 0.409 e. The molecule has 0 radical (unpaired) electrons. The van der Waals surface area contributed by atoms with Crippen LogP contribution in [0.4, 0.5) is 9.18 Å². The number of hydrogen-bond acceptors (Lipinski definition) is 4. The zero-order valence-electron chi connectivity index (χ0n) is 18.6. The molecule has 8 nitrogen and oxygen atoms in total. The summed E-state index contributed by atoms with van der Waals surface area (Å²) in [7, 11) is 0. The minimum Gasteiger partial charge on any atom is -0.450 e. The third-order valence-corrected chi connectivity index (χ3v) is 5.08. The molecule has 10 heteroatoms. The van der Waals surface area contributed by atoms with Crippen LogP contribution >= 0.6 is 24.0 Å². The van der Waals surface area contributed by atoms with E-state index in [1.807, 2.05) is 26.1 Å². The summed E-state index contributed by atoms with van der Waals surface area (Å²) < 4.78 is 19.9. The SMILES string of the molecule is CCNC(=NCCc1ccn(-c2ccc(F)cc2)n1)NC1CCN(C(=O)OCC)CC1.I. The number of carbonyl (C=O) groups is 1. The van der Waals surface area contributed by atoms with Gasteiger partial charge < -0.3 is 20.3 Å². The molecule has 1 aliphatic rings. The second-order valence-corrected chi connectivity index (χ2v) is 7.34. The van der Waals surface area contributed by atoms with E-state index in [2.05, 4.69) is 20.7 Å². The number of likely N-dealkylation sites (tertiary alicyclic amines) is 1. The lowest BCUT2D eigenvalue weighted by Gasteiger charge is -2.32. The molecule has 0 atom stereocenters. The maximum atomic E-state index is 13.1. The third-order valence-electron chi connectivity index (χ3n) is 5.08. The normalized spacial score (nSPS) is 14.6. The first-order valence-electron chi connectivity index (χ1n) is 10.9. The summed E-state index contributed by atoms with van der Waals surface area (Å²) in [4.78, 5) is 18.3. The number of aliphatic imine (C=N–C) groups is 1. The van der Waals surface area contributed by atoms with E-state index in [1.54, 1.807) is 21.7 Å². The van der Waals surface area contributed by atoms with Gasteiger partial charge in [0.05, 0.1) is 18.0 Å². The van der Waals surface area contributed by atoms with Gasteiger partial charge in [-0.25, -0.2) is 13.9 Å². The van der Waals surface area contributed by atoms with Gasteiger partial charge in [0.1, 0.15) is 5.82 Å². The van der Waals surface area contributed by atoms with Crippen molar-refractivity contribution >= 4 is 36.0 Å². The van der Waals surface area contributed by atoms with Crippen LogP contribution in [0.5, 0.6) is 0 Å². The molecule has 32 heavy (non-hydrogen) atoms. The molecule has 0 spiro atoms. The zero-order valence-corrected chi connectivity index (χ0v) is 20.9. The van der Waals surface area contributed by atoms with Crippen molar-refractivity contribution in [1.82, 2.24) is 25.3 Å². The molecule has 0 aliphatic carbocycles. The predicted octanol–water partition coefficient (Wildman–Crippen LogP) is 3.35. The molecule has 2 heterocycles. The molecule has 1 aliphatic heterocycles. The molecule has 2 aromatic rings. The van der Waals surface area contributed by atoms with E-state index in [1.165, 1.54) is 12.1 Å². The summed E-state index contributed by atoms with van der Waals surface area (Å²) in [5.74, 6) is 0.510. The Hall–Kier alpha value is -2.37. The molecular formula is C22H32FIN6O2. The molecule has 1 saturated heterocycles. The quantitative estimate of drug-likeness (QED) is 0.310. The Morgan fingerprint density at radius 3 is 2.59 bits per heavy atom. The number of nitrogens with zero attached hydrogens (tertiary/aromatic N) is 4. The van der Waals surface area contributed by atoms with Crippen molar-refractivity contribution in [2.24, 2.45) is 4.99 Å². The van der Waals surface area contributed by atoms with E-state index >= 15 is 0 Å². The molecular weight excluding hydrogens is 526 g/mol. The van der Waals surface area contributed by atoms with Gasteiger partial charge in [-0.3, -0.25) is 4.99 Å². The highest BCUT2D eigenvalue weighted by Crippen LogP contribution is 2.12. The molecule has 0 bridgehead atoms. The first-order chi connectivity index (χ1) is 15.1. The number of guanidine groups is 1. The largest absolute Gasteiger partial charge is 0.450 e. The molecule has 2 N–H and O–H groups in total. The first kappa shape index (κ1) is 25.9. The van der Waals surface area contributed by atoms with Crippen LogP contribution in [0, 0.1) is 5.82 Å². The van der Waals surface area contributed by atoms with E-state index in [0.717, 1.165) is 36.7 Å². The molecule has 1 aromatic carbocycles. The van der Waals surface area contributed by atoms with Gasteiger partial charge in [-0.2, -0.15) is 5.10 Å². The number of carbonyl (C=O) groups excluding carboxylic acids is 1. The van der Waals surface area contributed by atoms with Crippen molar-refractivity contribution in [2.75, 3.05) is 32.8 Å². The maximum absolute atomic E-state index is 13.1. The van der Waals surface area contributed by atoms with Gasteiger partial charge in [-0.1, -0.05) is 0 Å². The fourth-order valence-electron chi connectivity index (χ4n) is 3.45. The topological polar surface area (TPSA) is 83.8 Å². The number of piperidine rings is 1. The van der Waals surface area contributed by atoms with Crippen LogP contribution in [0.25, 0.3) is 5.69 Å². The number of nitrogens with one attached hydrogen (secondary N) is 2. The van der Waals surface area contributed by atoms with Gasteiger partial charge in [-0.15, -0.1) is 24.0 Å². The van der Waals surface area contributed by atoms with Crippen LogP contribution in [-0.4, -0.2) is 65.6 Å². The van der Waals surface area contributed by atoms with Crippen LogP contribution in [0.2, 0.25) is 0 Å². The van der Waals surface area contributed by atoms with Crippen molar-refractivity contribution in [3.05, 3.63) is 48.0 Å². The lowest BCUT2D eigenvalue weighted by atomic mass is 10.1. The van der Waals surface area contributed by atoms with Crippen LogP contribution in [0.15, 0.2) is 41.5 Å². The number of halogens is 2. The van der Waals surface area contributed by atoms with Gasteiger partial charge in [0.2, 0.25) is 0 Å². The second kappa shape index (κ2) is 13.2. The van der Waals surface area contributed by atoms with Crippen molar-refractivity contribution in [2.45, 2.75) is 39.2 Å². The van der Waals surface area contributed by atoms with Gasteiger partial charge in [-0.05, 0) is 57.0 Å². The van der Waals surface area contributed by atoms with Crippen LogP contribution in [-0.2, 0) is 11.2 Å². The number of rotatable bonds is 7. The molecule has 1 amide bonds. The Morgan fingerprint density at radius 2 is 1.94 bits per heavy atom. The minimum absolute atomic E-state index is 0. The smallest absolute Gasteiger partial charge is 0.409 e. The van der Waals surface area contributed by atoms with Gasteiger partial charge in [0, 0.05) is 44.8 Å². The number of hydrogen-bond donors (Lipinski definition) is 2. The fraction of sp³-hybridized carbons (Fsp3) is 0.500. The summed E-state index contributed by atoms with van der Waals surface area (Å²) in [6.45, 7) is 6.97. The Kier molecular flexibility index (Phi) is 10.7. The minimum atomic E-state index is -0.263. The Morgan fingerprint density at radius 1 is 1.22 bits per heavy atom. The standard InChI is InChI=1S/C22H31FN6O2.HI/c1-3-24-21(26-18-10-14-28(15-11-18)22(30)31-4-2)25-13-9-19-12-16-29(27-19)20-7-5-17(23)6-8-20;/h5-8,12,16,18H,3-4,9-11,13-15H2,1-2H3,(H2,24,25,26);1H. The van der Waals surface area contributed by atoms with Crippen molar-refractivity contribution < 1.29 is 13.9 Å². The highest BCUT2D eigenvalue weighted by Gasteiger charge is 2.24. The van der Waals surface area contributed by atoms with E-state index in [4.69, 9.17) is 4.74 Å². The Bertz CT molecular complexity index is 866. The Balaban J connectivity index is 0.00000363. The van der Waals surface area contributed by atoms with Gasteiger partial charge in [0.15, 0.2) is 5.96 Å². The highest BCUT2D eigenvalue weighted by atomic mass is 127. The monoisotopic (exact) mass is 558 g/mol. The highest BCUT2D eigenvalue weighted by molar-refractivity contribution is 14.0. The number of amides is 1. The van der Waals surface area contributed by atoms with Crippen LogP contribution in [0.1, 0.15) is 32.4 Å². The van der Waals surface area contributed by atoms with Gasteiger partial charge in [0.25, 0.3) is 0 Å². The molecule has 0 saturated carbocycles. The average molecular weight is 558 g/mol. The number of aromatic nitrogens is 2. The summed E-state index contributed by atoms with van der Waals surface area (Å²) in [5.41, 5.74) is 1.74. The van der Waals surface area contributed by atoms with E-state index in [-0.39, 0.29) is 41.9 Å². The Labute approximate surface area is 205 Å². The van der Waals surface area contributed by atoms with Crippen molar-refractivity contribution in [1.29, 1.82) is 0 Å². The third kappa shape index (κ3) is 7.64. The zero-order chi connectivity index (χ0) is 22.1. The lowest BCUT2D eigenvalue weighted by Crippen LogP contribution is -2.50. The van der Waals surface area contributed by atoms with E-state index < -0.39 is 0 Å². The van der Waals surface area contributed by atoms with E-state index in [9.17, 15) is 9.18 Å². The second-order valence-electron chi connectivity index (χ2n) is 7.34.